The van der Waals surface area contributed by atoms with E-state index in [0.29, 0.717) is 0 Å². The molecule has 0 amide bonds. The number of hydrogen-bond acceptors (Lipinski definition) is 3. The van der Waals surface area contributed by atoms with Gasteiger partial charge in [0.25, 0.3) is 0 Å². The van der Waals surface area contributed by atoms with Crippen LogP contribution >= 0.6 is 0 Å². The number of ether oxygens (including phenoxy) is 1. The van der Waals surface area contributed by atoms with Crippen molar-refractivity contribution in [3.8, 4) is 5.75 Å². The molecule has 0 bridgehead atoms. The molecule has 0 atom stereocenters. The van der Waals surface area contributed by atoms with Crippen molar-refractivity contribution in [3.05, 3.63) is 54.6 Å². The van der Waals surface area contributed by atoms with Gasteiger partial charge in [-0.3, -0.25) is 0 Å². The average molecular weight is 270 g/mol. The van der Waals surface area contributed by atoms with E-state index in [1.54, 1.807) is 0 Å². The lowest BCUT2D eigenvalue weighted by Crippen LogP contribution is -2.09. The predicted octanol–water partition coefficient (Wildman–Crippen LogP) is 3.63. The minimum absolute atomic E-state index is 0.719. The topological polar surface area (TPSA) is 24.5 Å². The molecule has 1 N–H and O–H groups in total. The third-order valence-corrected chi connectivity index (χ3v) is 3.03. The van der Waals surface area contributed by atoms with E-state index in [-0.39, 0.29) is 0 Å². The molecule has 2 aromatic rings. The molecule has 0 aliphatic heterocycles. The monoisotopic (exact) mass is 270 g/mol. The maximum atomic E-state index is 5.77. The summed E-state index contributed by atoms with van der Waals surface area (Å²) in [6.45, 7) is 1.63. The van der Waals surface area contributed by atoms with Crippen LogP contribution in [-0.4, -0.2) is 27.2 Å². The Morgan fingerprint density at radius 1 is 1.00 bits per heavy atom. The molecule has 0 spiro atoms. The lowest BCUT2D eigenvalue weighted by atomic mass is 10.3. The Morgan fingerprint density at radius 2 is 1.80 bits per heavy atom. The van der Waals surface area contributed by atoms with E-state index < -0.39 is 0 Å². The lowest BCUT2D eigenvalue weighted by Gasteiger charge is -2.14. The van der Waals surface area contributed by atoms with Gasteiger partial charge in [0.05, 0.1) is 6.61 Å². The molecule has 3 nitrogen and oxygen atoms in total. The van der Waals surface area contributed by atoms with Gasteiger partial charge in [0.2, 0.25) is 0 Å². The van der Waals surface area contributed by atoms with E-state index in [2.05, 4.69) is 34.5 Å². The maximum absolute atomic E-state index is 5.77. The number of hydrogen-bond donors (Lipinski definition) is 1. The van der Waals surface area contributed by atoms with Gasteiger partial charge in [-0.15, -0.1) is 0 Å². The van der Waals surface area contributed by atoms with Gasteiger partial charge in [0, 0.05) is 38.1 Å². The number of para-hydroxylation sites is 1. The Labute approximate surface area is 121 Å². The van der Waals surface area contributed by atoms with Gasteiger partial charge in [0.15, 0.2) is 0 Å². The van der Waals surface area contributed by atoms with Crippen LogP contribution in [0.25, 0.3) is 0 Å². The maximum Gasteiger partial charge on any atom is 0.121 e. The van der Waals surface area contributed by atoms with Crippen molar-refractivity contribution >= 4 is 11.4 Å². The van der Waals surface area contributed by atoms with Crippen LogP contribution in [0.5, 0.6) is 5.75 Å². The molecule has 0 saturated carbocycles. The summed E-state index contributed by atoms with van der Waals surface area (Å²) in [4.78, 5) is 2.07. The minimum Gasteiger partial charge on any atom is -0.493 e. The number of nitrogens with zero attached hydrogens (tertiary/aromatic N) is 1. The van der Waals surface area contributed by atoms with Crippen LogP contribution in [0.4, 0.5) is 11.4 Å². The van der Waals surface area contributed by atoms with E-state index in [0.717, 1.165) is 36.7 Å². The molecule has 0 heterocycles. The molecule has 3 heteroatoms. The first kappa shape index (κ1) is 14.3. The Bertz CT molecular complexity index is 511. The van der Waals surface area contributed by atoms with Crippen LogP contribution < -0.4 is 15.0 Å². The lowest BCUT2D eigenvalue weighted by molar-refractivity contribution is 0.315. The van der Waals surface area contributed by atoms with Gasteiger partial charge in [0.1, 0.15) is 5.75 Å². The summed E-state index contributed by atoms with van der Waals surface area (Å²) in [5.41, 5.74) is 2.31. The highest BCUT2D eigenvalue weighted by Gasteiger charge is 1.98. The van der Waals surface area contributed by atoms with Crippen LogP contribution in [0.1, 0.15) is 6.42 Å². The second-order valence-corrected chi connectivity index (χ2v) is 4.89. The van der Waals surface area contributed by atoms with Gasteiger partial charge in [-0.25, -0.2) is 0 Å². The standard InChI is InChI=1S/C17H22N2O/c1-19(2)16-10-6-11-17(14-16)20-13-7-12-18-15-8-4-3-5-9-15/h3-6,8-11,14,18H,7,12-13H2,1-2H3. The van der Waals surface area contributed by atoms with Crippen molar-refractivity contribution in [1.29, 1.82) is 0 Å². The Hall–Kier alpha value is -2.16. The highest BCUT2D eigenvalue weighted by atomic mass is 16.5. The molecule has 0 aliphatic rings. The van der Waals surface area contributed by atoms with Crippen molar-refractivity contribution < 1.29 is 4.74 Å². The minimum atomic E-state index is 0.719. The number of anilines is 2. The summed E-state index contributed by atoms with van der Waals surface area (Å²) in [6, 6.07) is 18.4. The van der Waals surface area contributed by atoms with Gasteiger partial charge < -0.3 is 15.0 Å². The zero-order valence-electron chi connectivity index (χ0n) is 12.2. The summed E-state index contributed by atoms with van der Waals surface area (Å²) in [5, 5.41) is 3.37. The largest absolute Gasteiger partial charge is 0.493 e. The number of benzene rings is 2. The third kappa shape index (κ3) is 4.50. The molecule has 2 aromatic carbocycles. The quantitative estimate of drug-likeness (QED) is 0.777. The molecule has 0 fully saturated rings. The first-order valence-corrected chi connectivity index (χ1v) is 6.95. The van der Waals surface area contributed by atoms with Crippen LogP contribution in [0.3, 0.4) is 0 Å². The summed E-state index contributed by atoms with van der Waals surface area (Å²) in [6.07, 6.45) is 0.973. The fraction of sp³-hybridized carbons (Fsp3) is 0.294. The SMILES string of the molecule is CN(C)c1cccc(OCCCNc2ccccc2)c1. The van der Waals surface area contributed by atoms with Crippen molar-refractivity contribution in [2.24, 2.45) is 0 Å². The molecule has 0 aromatic heterocycles. The smallest absolute Gasteiger partial charge is 0.121 e. The van der Waals surface area contributed by atoms with Crippen molar-refractivity contribution in [1.82, 2.24) is 0 Å². The van der Waals surface area contributed by atoms with Crippen molar-refractivity contribution in [2.45, 2.75) is 6.42 Å². The Balaban J connectivity index is 1.69. The second-order valence-electron chi connectivity index (χ2n) is 4.89. The first-order chi connectivity index (χ1) is 9.75. The van der Waals surface area contributed by atoms with E-state index >= 15 is 0 Å². The van der Waals surface area contributed by atoms with Crippen molar-refractivity contribution in [2.75, 3.05) is 37.5 Å². The molecule has 106 valence electrons. The van der Waals surface area contributed by atoms with E-state index in [1.165, 1.54) is 0 Å². The molecule has 0 unspecified atom stereocenters. The molecule has 0 radical (unpaired) electrons. The molecular formula is C17H22N2O. The predicted molar refractivity (Wildman–Crippen MR) is 85.8 cm³/mol. The fourth-order valence-electron chi connectivity index (χ4n) is 1.90. The third-order valence-electron chi connectivity index (χ3n) is 3.03. The summed E-state index contributed by atoms with van der Waals surface area (Å²) < 4.78 is 5.77. The van der Waals surface area contributed by atoms with Crippen LogP contribution in [0, 0.1) is 0 Å². The summed E-state index contributed by atoms with van der Waals surface area (Å²) in [5.74, 6) is 0.927. The molecular weight excluding hydrogens is 248 g/mol. The first-order valence-electron chi connectivity index (χ1n) is 6.95. The Morgan fingerprint density at radius 3 is 2.55 bits per heavy atom. The zero-order chi connectivity index (χ0) is 14.2. The fourth-order valence-corrected chi connectivity index (χ4v) is 1.90. The van der Waals surface area contributed by atoms with Crippen LogP contribution in [-0.2, 0) is 0 Å². The average Bonchev–Trinajstić information content (AvgIpc) is 2.48. The highest BCUT2D eigenvalue weighted by Crippen LogP contribution is 2.19. The Kier molecular flexibility index (Phi) is 5.30. The normalized spacial score (nSPS) is 10.1. The molecule has 2 rings (SSSR count). The van der Waals surface area contributed by atoms with Gasteiger partial charge in [-0.05, 0) is 30.7 Å². The second kappa shape index (κ2) is 7.43. The molecule has 0 saturated heterocycles. The van der Waals surface area contributed by atoms with Gasteiger partial charge in [-0.2, -0.15) is 0 Å². The van der Waals surface area contributed by atoms with E-state index in [9.17, 15) is 0 Å². The molecule has 20 heavy (non-hydrogen) atoms. The van der Waals surface area contributed by atoms with Gasteiger partial charge in [-0.1, -0.05) is 24.3 Å². The zero-order valence-corrected chi connectivity index (χ0v) is 12.2. The van der Waals surface area contributed by atoms with E-state index in [4.69, 9.17) is 4.74 Å². The summed E-state index contributed by atoms with van der Waals surface area (Å²) in [7, 11) is 4.06. The van der Waals surface area contributed by atoms with Crippen molar-refractivity contribution in [3.63, 3.8) is 0 Å². The van der Waals surface area contributed by atoms with Gasteiger partial charge >= 0.3 is 0 Å². The van der Waals surface area contributed by atoms with Crippen LogP contribution in [0.15, 0.2) is 54.6 Å². The molecule has 0 aliphatic carbocycles. The van der Waals surface area contributed by atoms with E-state index in [1.807, 2.05) is 44.4 Å². The summed E-state index contributed by atoms with van der Waals surface area (Å²) >= 11 is 0. The number of rotatable bonds is 7. The number of nitrogens with one attached hydrogen (secondary N) is 1. The highest BCUT2D eigenvalue weighted by molar-refractivity contribution is 5.49. The van der Waals surface area contributed by atoms with Crippen LogP contribution in [0.2, 0.25) is 0 Å².